The van der Waals surface area contributed by atoms with E-state index in [9.17, 15) is 0 Å². The fraction of sp³-hybridized carbons (Fsp3) is 0.238. The maximum Gasteiger partial charge on any atom is 0.00531 e. The van der Waals surface area contributed by atoms with Gasteiger partial charge < -0.3 is 5.73 Å². The van der Waals surface area contributed by atoms with E-state index in [0.29, 0.717) is 12.5 Å². The fourth-order valence-corrected chi connectivity index (χ4v) is 3.34. The predicted molar refractivity (Wildman–Crippen MR) is 95.2 cm³/mol. The molecule has 112 valence electrons. The number of hydrogen-bond donors (Lipinski definition) is 1. The second-order valence-corrected chi connectivity index (χ2v) is 6.48. The van der Waals surface area contributed by atoms with Crippen LogP contribution in [0.3, 0.4) is 0 Å². The first-order valence-electron chi connectivity index (χ1n) is 7.87. The molecule has 0 aliphatic heterocycles. The minimum absolute atomic E-state index is 0.00152. The van der Waals surface area contributed by atoms with E-state index in [2.05, 4.69) is 86.6 Å². The van der Waals surface area contributed by atoms with Crippen LogP contribution in [0.4, 0.5) is 0 Å². The van der Waals surface area contributed by atoms with Crippen LogP contribution in [0, 0.1) is 0 Å². The van der Waals surface area contributed by atoms with Crippen molar-refractivity contribution in [2.75, 3.05) is 6.54 Å². The Kier molecular flexibility index (Phi) is 4.00. The van der Waals surface area contributed by atoms with Crippen LogP contribution in [0.2, 0.25) is 0 Å². The molecule has 1 atom stereocenters. The molecule has 3 aromatic rings. The van der Waals surface area contributed by atoms with Crippen LogP contribution in [-0.2, 0) is 5.41 Å². The summed E-state index contributed by atoms with van der Waals surface area (Å²) in [6.07, 6.45) is 0. The highest BCUT2D eigenvalue weighted by molar-refractivity contribution is 5.83. The second-order valence-electron chi connectivity index (χ2n) is 6.48. The average molecular weight is 289 g/mol. The molecule has 3 rings (SSSR count). The first-order valence-corrected chi connectivity index (χ1v) is 7.87. The molecule has 0 saturated carbocycles. The Balaban J connectivity index is 2.05. The lowest BCUT2D eigenvalue weighted by Gasteiger charge is -2.35. The summed E-state index contributed by atoms with van der Waals surface area (Å²) in [7, 11) is 0. The summed E-state index contributed by atoms with van der Waals surface area (Å²) in [5, 5.41) is 2.56. The lowest BCUT2D eigenvalue weighted by atomic mass is 9.70. The minimum atomic E-state index is -0.00152. The van der Waals surface area contributed by atoms with Gasteiger partial charge in [-0.1, -0.05) is 86.6 Å². The SMILES string of the molecule is CC(C)(c1ccccc1)C(CN)c1ccc2ccccc2c1. The van der Waals surface area contributed by atoms with Crippen LogP contribution >= 0.6 is 0 Å². The number of fused-ring (bicyclic) bond motifs is 1. The van der Waals surface area contributed by atoms with Gasteiger partial charge in [-0.15, -0.1) is 0 Å². The van der Waals surface area contributed by atoms with E-state index in [1.54, 1.807) is 0 Å². The third-order valence-corrected chi connectivity index (χ3v) is 4.80. The van der Waals surface area contributed by atoms with Gasteiger partial charge in [0.2, 0.25) is 0 Å². The molecule has 0 aliphatic rings. The normalized spacial score (nSPS) is 13.2. The lowest BCUT2D eigenvalue weighted by Crippen LogP contribution is -2.32. The van der Waals surface area contributed by atoms with Crippen molar-refractivity contribution in [2.45, 2.75) is 25.2 Å². The van der Waals surface area contributed by atoms with E-state index in [4.69, 9.17) is 5.73 Å². The molecule has 1 heteroatoms. The molecule has 1 unspecified atom stereocenters. The highest BCUT2D eigenvalue weighted by atomic mass is 14.6. The summed E-state index contributed by atoms with van der Waals surface area (Å²) in [5.41, 5.74) is 8.82. The van der Waals surface area contributed by atoms with Crippen LogP contribution in [0.1, 0.15) is 30.9 Å². The van der Waals surface area contributed by atoms with Gasteiger partial charge in [0.05, 0.1) is 0 Å². The Bertz CT molecular complexity index is 759. The maximum atomic E-state index is 6.17. The van der Waals surface area contributed by atoms with Crippen molar-refractivity contribution in [1.82, 2.24) is 0 Å². The van der Waals surface area contributed by atoms with Gasteiger partial charge in [-0.2, -0.15) is 0 Å². The first-order chi connectivity index (χ1) is 10.6. The summed E-state index contributed by atoms with van der Waals surface area (Å²) in [6, 6.07) is 25.9. The maximum absolute atomic E-state index is 6.17. The van der Waals surface area contributed by atoms with E-state index in [1.165, 1.54) is 21.9 Å². The van der Waals surface area contributed by atoms with E-state index >= 15 is 0 Å². The molecule has 2 N–H and O–H groups in total. The second kappa shape index (κ2) is 5.94. The Morgan fingerprint density at radius 3 is 2.14 bits per heavy atom. The van der Waals surface area contributed by atoms with Crippen LogP contribution in [0.15, 0.2) is 72.8 Å². The Hall–Kier alpha value is -2.12. The standard InChI is InChI=1S/C21H23N/c1-21(2,19-10-4-3-5-11-19)20(15-22)18-13-12-16-8-6-7-9-17(16)14-18/h3-14,20H,15,22H2,1-2H3. The number of nitrogens with two attached hydrogens (primary N) is 1. The fourth-order valence-electron chi connectivity index (χ4n) is 3.34. The van der Waals surface area contributed by atoms with Crippen LogP contribution in [0.25, 0.3) is 10.8 Å². The molecule has 1 nitrogen and oxygen atoms in total. The predicted octanol–water partition coefficient (Wildman–Crippen LogP) is 4.86. The van der Waals surface area contributed by atoms with E-state index < -0.39 is 0 Å². The summed E-state index contributed by atoms with van der Waals surface area (Å²) in [4.78, 5) is 0. The van der Waals surface area contributed by atoms with Gasteiger partial charge in [0, 0.05) is 12.5 Å². The van der Waals surface area contributed by atoms with Crippen molar-refractivity contribution < 1.29 is 0 Å². The first kappa shape index (κ1) is 14.8. The molecule has 0 aromatic heterocycles. The molecular formula is C21H23N. The number of rotatable bonds is 4. The van der Waals surface area contributed by atoms with Gasteiger partial charge in [-0.05, 0) is 27.3 Å². The molecule has 3 aromatic carbocycles. The van der Waals surface area contributed by atoms with E-state index in [0.717, 1.165) is 0 Å². The Labute approximate surface area is 132 Å². The van der Waals surface area contributed by atoms with Gasteiger partial charge in [-0.25, -0.2) is 0 Å². The smallest absolute Gasteiger partial charge is 0.00531 e. The summed E-state index contributed by atoms with van der Waals surface area (Å²) < 4.78 is 0. The van der Waals surface area contributed by atoms with E-state index in [1.807, 2.05) is 0 Å². The molecule has 22 heavy (non-hydrogen) atoms. The van der Waals surface area contributed by atoms with Crippen molar-refractivity contribution in [3.05, 3.63) is 83.9 Å². The summed E-state index contributed by atoms with van der Waals surface area (Å²) in [6.45, 7) is 5.21. The van der Waals surface area contributed by atoms with Gasteiger partial charge >= 0.3 is 0 Å². The quantitative estimate of drug-likeness (QED) is 0.729. The zero-order chi connectivity index (χ0) is 15.6. The molecule has 0 fully saturated rings. The molecule has 0 bridgehead atoms. The van der Waals surface area contributed by atoms with Crippen molar-refractivity contribution in [3.8, 4) is 0 Å². The summed E-state index contributed by atoms with van der Waals surface area (Å²) >= 11 is 0. The zero-order valence-corrected chi connectivity index (χ0v) is 13.3. The Morgan fingerprint density at radius 2 is 1.45 bits per heavy atom. The van der Waals surface area contributed by atoms with Crippen LogP contribution < -0.4 is 5.73 Å². The van der Waals surface area contributed by atoms with E-state index in [-0.39, 0.29) is 5.41 Å². The summed E-state index contributed by atoms with van der Waals surface area (Å²) in [5.74, 6) is 0.291. The number of hydrogen-bond acceptors (Lipinski definition) is 1. The molecule has 0 heterocycles. The topological polar surface area (TPSA) is 26.0 Å². The third-order valence-electron chi connectivity index (χ3n) is 4.80. The minimum Gasteiger partial charge on any atom is -0.330 e. The highest BCUT2D eigenvalue weighted by Gasteiger charge is 2.31. The molecule has 0 amide bonds. The third kappa shape index (κ3) is 2.65. The average Bonchev–Trinajstić information content (AvgIpc) is 2.56. The van der Waals surface area contributed by atoms with Crippen molar-refractivity contribution in [1.29, 1.82) is 0 Å². The molecule has 0 radical (unpaired) electrons. The Morgan fingerprint density at radius 1 is 0.818 bits per heavy atom. The lowest BCUT2D eigenvalue weighted by molar-refractivity contribution is 0.417. The van der Waals surface area contributed by atoms with Gasteiger partial charge in [0.15, 0.2) is 0 Å². The van der Waals surface area contributed by atoms with Gasteiger partial charge in [0.1, 0.15) is 0 Å². The van der Waals surface area contributed by atoms with Gasteiger partial charge in [0.25, 0.3) is 0 Å². The van der Waals surface area contributed by atoms with Crippen molar-refractivity contribution in [3.63, 3.8) is 0 Å². The highest BCUT2D eigenvalue weighted by Crippen LogP contribution is 2.38. The molecule has 0 saturated heterocycles. The monoisotopic (exact) mass is 289 g/mol. The molecule has 0 spiro atoms. The zero-order valence-electron chi connectivity index (χ0n) is 13.3. The largest absolute Gasteiger partial charge is 0.330 e. The van der Waals surface area contributed by atoms with Crippen LogP contribution in [0.5, 0.6) is 0 Å². The van der Waals surface area contributed by atoms with Crippen molar-refractivity contribution >= 4 is 10.8 Å². The molecule has 0 aliphatic carbocycles. The van der Waals surface area contributed by atoms with Crippen LogP contribution in [-0.4, -0.2) is 6.54 Å². The number of benzene rings is 3. The van der Waals surface area contributed by atoms with Crippen molar-refractivity contribution in [2.24, 2.45) is 5.73 Å². The molecular weight excluding hydrogens is 266 g/mol. The van der Waals surface area contributed by atoms with Gasteiger partial charge in [-0.3, -0.25) is 0 Å².